The van der Waals surface area contributed by atoms with Crippen LogP contribution in [0.15, 0.2) is 18.2 Å². The first-order valence-electron chi connectivity index (χ1n) is 5.36. The topological polar surface area (TPSA) is 63.4 Å². The Morgan fingerprint density at radius 1 is 1.50 bits per heavy atom. The summed E-state index contributed by atoms with van der Waals surface area (Å²) in [6, 6.07) is 5.38. The number of anilines is 2. The predicted octanol–water partition coefficient (Wildman–Crippen LogP) is 1.37. The van der Waals surface area contributed by atoms with Crippen molar-refractivity contribution in [1.29, 1.82) is 0 Å². The lowest BCUT2D eigenvalue weighted by Crippen LogP contribution is -2.36. The van der Waals surface area contributed by atoms with Crippen LogP contribution in [0.3, 0.4) is 0 Å². The predicted molar refractivity (Wildman–Crippen MR) is 66.0 cm³/mol. The summed E-state index contributed by atoms with van der Waals surface area (Å²) in [7, 11) is -3.18. The van der Waals surface area contributed by atoms with Crippen molar-refractivity contribution in [1.82, 2.24) is 0 Å². The van der Waals surface area contributed by atoms with Crippen LogP contribution in [0.4, 0.5) is 11.4 Å². The maximum absolute atomic E-state index is 12.0. The maximum Gasteiger partial charge on any atom is 0.235 e. The molecule has 1 unspecified atom stereocenters. The number of hydrogen-bond donors (Lipinski definition) is 1. The van der Waals surface area contributed by atoms with Gasteiger partial charge < -0.3 is 5.73 Å². The van der Waals surface area contributed by atoms with Crippen LogP contribution >= 0.6 is 0 Å². The van der Waals surface area contributed by atoms with Crippen molar-refractivity contribution in [2.75, 3.05) is 15.8 Å². The van der Waals surface area contributed by atoms with Gasteiger partial charge in [-0.2, -0.15) is 0 Å². The van der Waals surface area contributed by atoms with Gasteiger partial charge in [0.1, 0.15) is 0 Å². The molecule has 0 saturated carbocycles. The van der Waals surface area contributed by atoms with E-state index in [0.29, 0.717) is 5.69 Å². The van der Waals surface area contributed by atoms with E-state index in [2.05, 4.69) is 0 Å². The molecule has 1 aromatic rings. The van der Waals surface area contributed by atoms with Gasteiger partial charge in [0.05, 0.1) is 11.4 Å². The lowest BCUT2D eigenvalue weighted by Gasteiger charge is -2.23. The van der Waals surface area contributed by atoms with Crippen molar-refractivity contribution in [3.05, 3.63) is 23.8 Å². The van der Waals surface area contributed by atoms with Crippen molar-refractivity contribution < 1.29 is 8.42 Å². The number of benzene rings is 1. The molecule has 16 heavy (non-hydrogen) atoms. The summed E-state index contributed by atoms with van der Waals surface area (Å²) in [6.45, 7) is 3.58. The molecule has 1 aliphatic rings. The fraction of sp³-hybridized carbons (Fsp3) is 0.455. The van der Waals surface area contributed by atoms with Crippen molar-refractivity contribution >= 4 is 21.4 Å². The summed E-state index contributed by atoms with van der Waals surface area (Å²) < 4.78 is 25.4. The molecule has 1 aliphatic heterocycles. The largest absolute Gasteiger partial charge is 0.399 e. The Bertz CT molecular complexity index is 511. The highest BCUT2D eigenvalue weighted by molar-refractivity contribution is 7.92. The number of nitrogens with zero attached hydrogens (tertiary/aromatic N) is 1. The molecule has 2 N–H and O–H groups in total. The molecule has 0 aromatic heterocycles. The molecule has 1 heterocycles. The molecule has 2 rings (SSSR count). The van der Waals surface area contributed by atoms with Crippen LogP contribution < -0.4 is 10.0 Å². The van der Waals surface area contributed by atoms with Crippen molar-refractivity contribution in [3.63, 3.8) is 0 Å². The molecule has 1 aromatic carbocycles. The van der Waals surface area contributed by atoms with Gasteiger partial charge in [0.2, 0.25) is 10.0 Å². The standard InChI is InChI=1S/C11H16N2O2S/c1-3-16(14,15)13-8(2)6-9-7-10(12)4-5-11(9)13/h4-5,7-8H,3,6,12H2,1-2H3. The molecule has 0 spiro atoms. The number of hydrogen-bond acceptors (Lipinski definition) is 3. The van der Waals surface area contributed by atoms with Crippen LogP contribution in [0.1, 0.15) is 19.4 Å². The molecule has 0 aliphatic carbocycles. The fourth-order valence-corrected chi connectivity index (χ4v) is 3.56. The number of nitrogen functional groups attached to an aromatic ring is 1. The van der Waals surface area contributed by atoms with Crippen molar-refractivity contribution in [2.24, 2.45) is 0 Å². The zero-order valence-corrected chi connectivity index (χ0v) is 10.3. The molecule has 1 atom stereocenters. The number of nitrogens with two attached hydrogens (primary N) is 1. The first kappa shape index (κ1) is 11.3. The monoisotopic (exact) mass is 240 g/mol. The number of fused-ring (bicyclic) bond motifs is 1. The first-order valence-corrected chi connectivity index (χ1v) is 6.97. The van der Waals surface area contributed by atoms with Gasteiger partial charge in [-0.05, 0) is 44.0 Å². The summed E-state index contributed by atoms with van der Waals surface area (Å²) in [6.07, 6.45) is 0.736. The third-order valence-electron chi connectivity index (χ3n) is 2.92. The minimum absolute atomic E-state index is 0.0123. The molecule has 0 saturated heterocycles. The zero-order chi connectivity index (χ0) is 11.9. The number of sulfonamides is 1. The van der Waals surface area contributed by atoms with E-state index >= 15 is 0 Å². The molecule has 0 fully saturated rings. The zero-order valence-electron chi connectivity index (χ0n) is 9.47. The van der Waals surface area contributed by atoms with Crippen molar-refractivity contribution in [2.45, 2.75) is 26.3 Å². The summed E-state index contributed by atoms with van der Waals surface area (Å²) >= 11 is 0. The smallest absolute Gasteiger partial charge is 0.235 e. The van der Waals surface area contributed by atoms with E-state index < -0.39 is 10.0 Å². The summed E-state index contributed by atoms with van der Waals surface area (Å²) in [5.41, 5.74) is 8.18. The summed E-state index contributed by atoms with van der Waals surface area (Å²) in [4.78, 5) is 0. The van der Waals surface area contributed by atoms with Crippen LogP contribution in [-0.2, 0) is 16.4 Å². The first-order chi connectivity index (χ1) is 7.45. The van der Waals surface area contributed by atoms with Crippen LogP contribution in [0, 0.1) is 0 Å². The fourth-order valence-electron chi connectivity index (χ4n) is 2.19. The minimum Gasteiger partial charge on any atom is -0.399 e. The second kappa shape index (κ2) is 3.66. The van der Waals surface area contributed by atoms with Crippen LogP contribution in [0.25, 0.3) is 0 Å². The van der Waals surface area contributed by atoms with Gasteiger partial charge in [-0.15, -0.1) is 0 Å². The van der Waals surface area contributed by atoms with Crippen LogP contribution in [0.2, 0.25) is 0 Å². The Labute approximate surface area is 96.1 Å². The van der Waals surface area contributed by atoms with Gasteiger partial charge in [0.25, 0.3) is 0 Å². The molecule has 0 radical (unpaired) electrons. The van der Waals surface area contributed by atoms with E-state index in [-0.39, 0.29) is 11.8 Å². The Morgan fingerprint density at radius 2 is 2.19 bits per heavy atom. The van der Waals surface area contributed by atoms with Gasteiger partial charge >= 0.3 is 0 Å². The normalized spacial score (nSPS) is 19.9. The minimum atomic E-state index is -3.18. The van der Waals surface area contributed by atoms with E-state index in [0.717, 1.165) is 17.7 Å². The molecule has 0 amide bonds. The highest BCUT2D eigenvalue weighted by atomic mass is 32.2. The lowest BCUT2D eigenvalue weighted by molar-refractivity contribution is 0.585. The quantitative estimate of drug-likeness (QED) is 0.794. The van der Waals surface area contributed by atoms with Gasteiger partial charge in [-0.25, -0.2) is 8.42 Å². The van der Waals surface area contributed by atoms with Crippen molar-refractivity contribution in [3.8, 4) is 0 Å². The molecular formula is C11H16N2O2S. The molecular weight excluding hydrogens is 224 g/mol. The van der Waals surface area contributed by atoms with Gasteiger partial charge in [0, 0.05) is 11.7 Å². The highest BCUT2D eigenvalue weighted by Gasteiger charge is 2.33. The lowest BCUT2D eigenvalue weighted by atomic mass is 10.1. The van der Waals surface area contributed by atoms with Crippen LogP contribution in [-0.4, -0.2) is 20.2 Å². The third kappa shape index (κ3) is 1.65. The Morgan fingerprint density at radius 3 is 2.81 bits per heavy atom. The van der Waals surface area contributed by atoms with E-state index in [1.165, 1.54) is 4.31 Å². The van der Waals surface area contributed by atoms with Gasteiger partial charge in [-0.1, -0.05) is 0 Å². The van der Waals surface area contributed by atoms with Gasteiger partial charge in [0.15, 0.2) is 0 Å². The molecule has 5 heteroatoms. The van der Waals surface area contributed by atoms with E-state index in [1.54, 1.807) is 19.1 Å². The molecule has 0 bridgehead atoms. The van der Waals surface area contributed by atoms with E-state index in [1.807, 2.05) is 13.0 Å². The SMILES string of the molecule is CCS(=O)(=O)N1c2ccc(N)cc2CC1C. The third-order valence-corrected chi connectivity index (χ3v) is 4.81. The Balaban J connectivity index is 2.53. The molecule has 88 valence electrons. The maximum atomic E-state index is 12.0. The second-order valence-electron chi connectivity index (χ2n) is 4.14. The van der Waals surface area contributed by atoms with E-state index in [4.69, 9.17) is 5.73 Å². The average molecular weight is 240 g/mol. The molecule has 4 nitrogen and oxygen atoms in total. The second-order valence-corrected chi connectivity index (χ2v) is 6.27. The average Bonchev–Trinajstić information content (AvgIpc) is 2.53. The Kier molecular flexibility index (Phi) is 2.58. The van der Waals surface area contributed by atoms with Crippen LogP contribution in [0.5, 0.6) is 0 Å². The Hall–Kier alpha value is -1.23. The van der Waals surface area contributed by atoms with Gasteiger partial charge in [-0.3, -0.25) is 4.31 Å². The number of rotatable bonds is 2. The summed E-state index contributed by atoms with van der Waals surface area (Å²) in [5.74, 6) is 0.126. The highest BCUT2D eigenvalue weighted by Crippen LogP contribution is 2.35. The summed E-state index contributed by atoms with van der Waals surface area (Å²) in [5, 5.41) is 0. The van der Waals surface area contributed by atoms with E-state index in [9.17, 15) is 8.42 Å².